The molecule has 0 aliphatic carbocycles. The Kier molecular flexibility index (Phi) is 3.28. The zero-order valence-corrected chi connectivity index (χ0v) is 10.5. The third-order valence-corrected chi connectivity index (χ3v) is 2.79. The fraction of sp³-hybridized carbons (Fsp3) is 0.143. The number of nitrogens with one attached hydrogen (secondary N) is 2. The first-order valence-electron chi connectivity index (χ1n) is 5.71. The van der Waals surface area contributed by atoms with Crippen molar-refractivity contribution in [1.82, 2.24) is 4.98 Å². The Labute approximate surface area is 106 Å². The Balaban J connectivity index is 2.34. The van der Waals surface area contributed by atoms with E-state index in [1.54, 1.807) is 12.3 Å². The standard InChI is InChI=1S/C14H16N4/c1-9-6-10(2)18-13(9)8-17-12-5-3-4-11(7-15)14(12)16/h3-8,15,18H,16H2,1-2H3/b15-7?,17-8+. The maximum absolute atomic E-state index is 7.25. The summed E-state index contributed by atoms with van der Waals surface area (Å²) in [7, 11) is 0. The minimum atomic E-state index is 0.532. The van der Waals surface area contributed by atoms with Crippen LogP contribution in [0.3, 0.4) is 0 Å². The number of nitrogen functional groups attached to an aromatic ring is 1. The normalized spacial score (nSPS) is 11.0. The smallest absolute Gasteiger partial charge is 0.0866 e. The van der Waals surface area contributed by atoms with Crippen molar-refractivity contribution < 1.29 is 0 Å². The zero-order chi connectivity index (χ0) is 13.1. The van der Waals surface area contributed by atoms with Gasteiger partial charge in [0.2, 0.25) is 0 Å². The molecule has 0 saturated carbocycles. The van der Waals surface area contributed by atoms with Gasteiger partial charge in [0, 0.05) is 17.5 Å². The van der Waals surface area contributed by atoms with Crippen LogP contribution in [0, 0.1) is 19.3 Å². The third kappa shape index (κ3) is 2.32. The lowest BCUT2D eigenvalue weighted by Crippen LogP contribution is -1.93. The zero-order valence-electron chi connectivity index (χ0n) is 10.5. The quantitative estimate of drug-likeness (QED) is 0.559. The summed E-state index contributed by atoms with van der Waals surface area (Å²) < 4.78 is 0. The van der Waals surface area contributed by atoms with E-state index in [9.17, 15) is 0 Å². The molecule has 0 spiro atoms. The van der Waals surface area contributed by atoms with E-state index in [4.69, 9.17) is 11.1 Å². The monoisotopic (exact) mass is 240 g/mol. The maximum atomic E-state index is 7.25. The molecule has 0 amide bonds. The molecular formula is C14H16N4. The molecule has 2 rings (SSSR count). The number of H-pyrrole nitrogens is 1. The molecule has 0 aliphatic heterocycles. The van der Waals surface area contributed by atoms with Crippen molar-refractivity contribution in [3.63, 3.8) is 0 Å². The van der Waals surface area contributed by atoms with E-state index in [2.05, 4.69) is 16.0 Å². The number of para-hydroxylation sites is 1. The van der Waals surface area contributed by atoms with Crippen molar-refractivity contribution in [1.29, 1.82) is 5.41 Å². The molecule has 1 aromatic heterocycles. The molecule has 4 nitrogen and oxygen atoms in total. The summed E-state index contributed by atoms with van der Waals surface area (Å²) >= 11 is 0. The summed E-state index contributed by atoms with van der Waals surface area (Å²) in [5.41, 5.74) is 11.1. The van der Waals surface area contributed by atoms with Crippen LogP contribution in [0.2, 0.25) is 0 Å². The van der Waals surface area contributed by atoms with Crippen LogP contribution in [0.25, 0.3) is 0 Å². The number of nitrogens with zero attached hydrogens (tertiary/aromatic N) is 1. The Morgan fingerprint density at radius 3 is 2.72 bits per heavy atom. The second kappa shape index (κ2) is 4.87. The van der Waals surface area contributed by atoms with Crippen LogP contribution in [0.15, 0.2) is 29.3 Å². The van der Waals surface area contributed by atoms with Crippen LogP contribution in [-0.2, 0) is 0 Å². The van der Waals surface area contributed by atoms with E-state index < -0.39 is 0 Å². The number of aliphatic imine (C=N–C) groups is 1. The highest BCUT2D eigenvalue weighted by Crippen LogP contribution is 2.24. The predicted molar refractivity (Wildman–Crippen MR) is 76.3 cm³/mol. The van der Waals surface area contributed by atoms with E-state index in [0.717, 1.165) is 17.0 Å². The molecule has 2 aromatic rings. The van der Waals surface area contributed by atoms with E-state index in [1.807, 2.05) is 26.0 Å². The summed E-state index contributed by atoms with van der Waals surface area (Å²) in [6.07, 6.45) is 3.00. The lowest BCUT2D eigenvalue weighted by Gasteiger charge is -2.02. The first-order chi connectivity index (χ1) is 8.61. The summed E-state index contributed by atoms with van der Waals surface area (Å²) in [6, 6.07) is 7.55. The Morgan fingerprint density at radius 1 is 1.33 bits per heavy atom. The molecule has 0 aliphatic rings. The van der Waals surface area contributed by atoms with Gasteiger partial charge in [-0.05, 0) is 31.5 Å². The van der Waals surface area contributed by atoms with Gasteiger partial charge in [-0.1, -0.05) is 12.1 Å². The molecule has 4 heteroatoms. The fourth-order valence-corrected chi connectivity index (χ4v) is 1.83. The van der Waals surface area contributed by atoms with Gasteiger partial charge in [0.05, 0.1) is 23.3 Å². The van der Waals surface area contributed by atoms with Crippen LogP contribution in [-0.4, -0.2) is 17.4 Å². The number of anilines is 1. The summed E-state index contributed by atoms with van der Waals surface area (Å²) in [6.45, 7) is 4.04. The highest BCUT2D eigenvalue weighted by atomic mass is 14.8. The lowest BCUT2D eigenvalue weighted by molar-refractivity contribution is 1.25. The predicted octanol–water partition coefficient (Wildman–Crippen LogP) is 2.96. The summed E-state index contributed by atoms with van der Waals surface area (Å²) in [5.74, 6) is 0. The van der Waals surface area contributed by atoms with Gasteiger partial charge in [-0.15, -0.1) is 0 Å². The second-order valence-electron chi connectivity index (χ2n) is 4.23. The minimum absolute atomic E-state index is 0.532. The van der Waals surface area contributed by atoms with Crippen molar-refractivity contribution >= 4 is 23.8 Å². The van der Waals surface area contributed by atoms with Crippen LogP contribution in [0.1, 0.15) is 22.5 Å². The highest BCUT2D eigenvalue weighted by molar-refractivity contribution is 5.91. The Hall–Kier alpha value is -2.36. The average Bonchev–Trinajstić information content (AvgIpc) is 2.66. The molecule has 1 aromatic carbocycles. The first-order valence-corrected chi connectivity index (χ1v) is 5.71. The van der Waals surface area contributed by atoms with Crippen molar-refractivity contribution in [2.75, 3.05) is 5.73 Å². The van der Waals surface area contributed by atoms with E-state index in [1.165, 1.54) is 6.21 Å². The van der Waals surface area contributed by atoms with Crippen molar-refractivity contribution in [2.45, 2.75) is 13.8 Å². The van der Waals surface area contributed by atoms with Crippen LogP contribution < -0.4 is 5.73 Å². The number of rotatable bonds is 3. The van der Waals surface area contributed by atoms with Gasteiger partial charge in [0.1, 0.15) is 0 Å². The first kappa shape index (κ1) is 12.1. The lowest BCUT2D eigenvalue weighted by atomic mass is 10.1. The highest BCUT2D eigenvalue weighted by Gasteiger charge is 2.02. The van der Waals surface area contributed by atoms with Gasteiger partial charge in [-0.25, -0.2) is 0 Å². The van der Waals surface area contributed by atoms with Gasteiger partial charge >= 0.3 is 0 Å². The maximum Gasteiger partial charge on any atom is 0.0866 e. The second-order valence-corrected chi connectivity index (χ2v) is 4.23. The largest absolute Gasteiger partial charge is 0.396 e. The number of aryl methyl sites for hydroxylation is 2. The van der Waals surface area contributed by atoms with E-state index in [-0.39, 0.29) is 0 Å². The molecule has 0 fully saturated rings. The van der Waals surface area contributed by atoms with Gasteiger partial charge in [0.15, 0.2) is 0 Å². The van der Waals surface area contributed by atoms with Crippen LogP contribution in [0.5, 0.6) is 0 Å². The molecule has 0 bridgehead atoms. The average molecular weight is 240 g/mol. The molecule has 18 heavy (non-hydrogen) atoms. The topological polar surface area (TPSA) is 78.0 Å². The van der Waals surface area contributed by atoms with Crippen molar-refractivity contribution in [3.8, 4) is 0 Å². The Morgan fingerprint density at radius 2 is 2.11 bits per heavy atom. The van der Waals surface area contributed by atoms with Crippen molar-refractivity contribution in [3.05, 3.63) is 46.8 Å². The van der Waals surface area contributed by atoms with Gasteiger partial charge in [-0.3, -0.25) is 4.99 Å². The van der Waals surface area contributed by atoms with Crippen LogP contribution >= 0.6 is 0 Å². The number of aromatic amines is 1. The molecule has 92 valence electrons. The molecule has 0 atom stereocenters. The molecule has 0 unspecified atom stereocenters. The van der Waals surface area contributed by atoms with Gasteiger partial charge in [0.25, 0.3) is 0 Å². The van der Waals surface area contributed by atoms with Gasteiger partial charge in [-0.2, -0.15) is 0 Å². The summed E-state index contributed by atoms with van der Waals surface area (Å²) in [5, 5.41) is 7.25. The van der Waals surface area contributed by atoms with E-state index in [0.29, 0.717) is 16.9 Å². The number of hydrogen-bond acceptors (Lipinski definition) is 3. The third-order valence-electron chi connectivity index (χ3n) is 2.79. The SMILES string of the molecule is Cc1cc(C)c(/C=N/c2cccc(C=N)c2N)[nH]1. The van der Waals surface area contributed by atoms with Crippen LogP contribution in [0.4, 0.5) is 11.4 Å². The number of hydrogen-bond donors (Lipinski definition) is 3. The van der Waals surface area contributed by atoms with E-state index >= 15 is 0 Å². The Bertz CT molecular complexity index is 608. The number of aromatic nitrogens is 1. The number of nitrogens with two attached hydrogens (primary N) is 1. The minimum Gasteiger partial charge on any atom is -0.396 e. The molecular weight excluding hydrogens is 224 g/mol. The fourth-order valence-electron chi connectivity index (χ4n) is 1.83. The number of benzene rings is 1. The molecule has 4 N–H and O–H groups in total. The van der Waals surface area contributed by atoms with Gasteiger partial charge < -0.3 is 16.1 Å². The molecule has 1 heterocycles. The van der Waals surface area contributed by atoms with Crippen molar-refractivity contribution in [2.24, 2.45) is 4.99 Å². The molecule has 0 radical (unpaired) electrons. The summed E-state index contributed by atoms with van der Waals surface area (Å²) in [4.78, 5) is 7.60. The molecule has 0 saturated heterocycles.